The van der Waals surface area contributed by atoms with E-state index in [4.69, 9.17) is 11.6 Å². The van der Waals surface area contributed by atoms with Crippen LogP contribution >= 0.6 is 11.6 Å². The Labute approximate surface area is 117 Å². The molecule has 0 spiro atoms. The Kier molecular flexibility index (Phi) is 3.07. The van der Waals surface area contributed by atoms with E-state index >= 15 is 0 Å². The zero-order valence-electron chi connectivity index (χ0n) is 11.1. The highest BCUT2D eigenvalue weighted by Crippen LogP contribution is 2.23. The Morgan fingerprint density at radius 3 is 2.79 bits per heavy atom. The predicted octanol–water partition coefficient (Wildman–Crippen LogP) is 3.87. The summed E-state index contributed by atoms with van der Waals surface area (Å²) in [7, 11) is 0. The van der Waals surface area contributed by atoms with E-state index in [1.165, 1.54) is 10.9 Å². The van der Waals surface area contributed by atoms with Crippen molar-refractivity contribution in [3.8, 4) is 0 Å². The van der Waals surface area contributed by atoms with E-state index in [-0.39, 0.29) is 0 Å². The summed E-state index contributed by atoms with van der Waals surface area (Å²) in [6.07, 6.45) is 2.10. The van der Waals surface area contributed by atoms with Crippen LogP contribution in [0, 0.1) is 6.92 Å². The van der Waals surface area contributed by atoms with Gasteiger partial charge in [0.05, 0.1) is 23.0 Å². The standard InChI is InChI=1S/C15H16ClN3/c1-3-19-14(15(16)11(2)17-19)10-18-9-8-12-6-4-5-7-13(12)18/h4-9H,3,10H2,1-2H3. The van der Waals surface area contributed by atoms with E-state index < -0.39 is 0 Å². The minimum atomic E-state index is 0.751. The second-order valence-electron chi connectivity index (χ2n) is 4.66. The monoisotopic (exact) mass is 273 g/mol. The molecular formula is C15H16ClN3. The van der Waals surface area contributed by atoms with Gasteiger partial charge in [-0.2, -0.15) is 5.10 Å². The quantitative estimate of drug-likeness (QED) is 0.710. The molecule has 2 heterocycles. The van der Waals surface area contributed by atoms with Gasteiger partial charge in [0.1, 0.15) is 0 Å². The van der Waals surface area contributed by atoms with Crippen molar-refractivity contribution in [2.75, 3.05) is 0 Å². The van der Waals surface area contributed by atoms with E-state index in [1.54, 1.807) is 0 Å². The van der Waals surface area contributed by atoms with Crippen LogP contribution in [0.25, 0.3) is 10.9 Å². The smallest absolute Gasteiger partial charge is 0.0865 e. The third kappa shape index (κ3) is 2.04. The number of aryl methyl sites for hydroxylation is 2. The molecular weight excluding hydrogens is 258 g/mol. The van der Waals surface area contributed by atoms with Crippen LogP contribution in [0.1, 0.15) is 18.3 Å². The summed E-state index contributed by atoms with van der Waals surface area (Å²) in [5.74, 6) is 0. The van der Waals surface area contributed by atoms with Gasteiger partial charge in [0.25, 0.3) is 0 Å². The summed E-state index contributed by atoms with van der Waals surface area (Å²) < 4.78 is 4.19. The number of benzene rings is 1. The first-order valence-electron chi connectivity index (χ1n) is 6.46. The van der Waals surface area contributed by atoms with Crippen molar-refractivity contribution in [1.82, 2.24) is 14.3 Å². The molecule has 3 nitrogen and oxygen atoms in total. The van der Waals surface area contributed by atoms with Crippen LogP contribution < -0.4 is 0 Å². The van der Waals surface area contributed by atoms with Crippen molar-refractivity contribution in [1.29, 1.82) is 0 Å². The Balaban J connectivity index is 2.06. The predicted molar refractivity (Wildman–Crippen MR) is 78.7 cm³/mol. The van der Waals surface area contributed by atoms with Crippen LogP contribution in [-0.2, 0) is 13.1 Å². The average Bonchev–Trinajstić information content (AvgIpc) is 2.95. The van der Waals surface area contributed by atoms with Gasteiger partial charge in [0.2, 0.25) is 0 Å². The van der Waals surface area contributed by atoms with Gasteiger partial charge in [0.15, 0.2) is 0 Å². The number of aromatic nitrogens is 3. The first-order chi connectivity index (χ1) is 9.20. The number of fused-ring (bicyclic) bond motifs is 1. The normalized spacial score (nSPS) is 11.3. The maximum atomic E-state index is 6.36. The molecule has 0 aliphatic heterocycles. The summed E-state index contributed by atoms with van der Waals surface area (Å²) in [4.78, 5) is 0. The van der Waals surface area contributed by atoms with Crippen molar-refractivity contribution in [3.05, 3.63) is 52.9 Å². The SMILES string of the molecule is CCn1nc(C)c(Cl)c1Cn1ccc2ccccc21. The summed E-state index contributed by atoms with van der Waals surface area (Å²) in [5.41, 5.74) is 3.19. The first kappa shape index (κ1) is 12.3. The minimum Gasteiger partial charge on any atom is -0.341 e. The summed E-state index contributed by atoms with van der Waals surface area (Å²) >= 11 is 6.36. The molecule has 0 amide bonds. The summed E-state index contributed by atoms with van der Waals surface area (Å²) in [6, 6.07) is 10.5. The molecule has 0 N–H and O–H groups in total. The Hall–Kier alpha value is -1.74. The number of para-hydroxylation sites is 1. The number of nitrogens with zero attached hydrogens (tertiary/aromatic N) is 3. The van der Waals surface area contributed by atoms with Crippen molar-refractivity contribution in [2.45, 2.75) is 26.9 Å². The van der Waals surface area contributed by atoms with Crippen molar-refractivity contribution in [3.63, 3.8) is 0 Å². The number of hydrogen-bond acceptors (Lipinski definition) is 1. The van der Waals surface area contributed by atoms with Crippen molar-refractivity contribution in [2.24, 2.45) is 0 Å². The van der Waals surface area contributed by atoms with E-state index in [2.05, 4.69) is 53.1 Å². The molecule has 4 heteroatoms. The largest absolute Gasteiger partial charge is 0.341 e. The molecule has 0 fully saturated rings. The van der Waals surface area contributed by atoms with Crippen LogP contribution in [0.5, 0.6) is 0 Å². The lowest BCUT2D eigenvalue weighted by molar-refractivity contribution is 0.602. The van der Waals surface area contributed by atoms with E-state index in [0.717, 1.165) is 29.5 Å². The van der Waals surface area contributed by atoms with E-state index in [9.17, 15) is 0 Å². The lowest BCUT2D eigenvalue weighted by atomic mass is 10.2. The molecule has 0 saturated carbocycles. The lowest BCUT2D eigenvalue weighted by Crippen LogP contribution is -2.07. The van der Waals surface area contributed by atoms with Gasteiger partial charge in [-0.05, 0) is 31.4 Å². The molecule has 98 valence electrons. The summed E-state index contributed by atoms with van der Waals surface area (Å²) in [6.45, 7) is 5.62. The van der Waals surface area contributed by atoms with Crippen LogP contribution in [0.4, 0.5) is 0 Å². The molecule has 19 heavy (non-hydrogen) atoms. The van der Waals surface area contributed by atoms with Crippen LogP contribution in [0.3, 0.4) is 0 Å². The van der Waals surface area contributed by atoms with Gasteiger partial charge in [0, 0.05) is 18.3 Å². The van der Waals surface area contributed by atoms with E-state index in [0.29, 0.717) is 0 Å². The molecule has 3 aromatic rings. The van der Waals surface area contributed by atoms with Crippen LogP contribution in [-0.4, -0.2) is 14.3 Å². The van der Waals surface area contributed by atoms with Crippen molar-refractivity contribution < 1.29 is 0 Å². The van der Waals surface area contributed by atoms with E-state index in [1.807, 2.05) is 11.6 Å². The Morgan fingerprint density at radius 2 is 2.00 bits per heavy atom. The van der Waals surface area contributed by atoms with Gasteiger partial charge in [-0.15, -0.1) is 0 Å². The van der Waals surface area contributed by atoms with Gasteiger partial charge in [-0.3, -0.25) is 4.68 Å². The van der Waals surface area contributed by atoms with Crippen molar-refractivity contribution >= 4 is 22.5 Å². The maximum Gasteiger partial charge on any atom is 0.0865 e. The maximum absolute atomic E-state index is 6.36. The molecule has 2 aromatic heterocycles. The summed E-state index contributed by atoms with van der Waals surface area (Å²) in [5, 5.41) is 6.49. The van der Waals surface area contributed by atoms with Gasteiger partial charge >= 0.3 is 0 Å². The van der Waals surface area contributed by atoms with Crippen LogP contribution in [0.15, 0.2) is 36.5 Å². The highest BCUT2D eigenvalue weighted by Gasteiger charge is 2.13. The number of halogens is 1. The third-order valence-corrected chi connectivity index (χ3v) is 3.94. The fourth-order valence-corrected chi connectivity index (χ4v) is 2.65. The number of hydrogen-bond donors (Lipinski definition) is 0. The molecule has 0 saturated heterocycles. The molecule has 0 radical (unpaired) electrons. The average molecular weight is 274 g/mol. The zero-order chi connectivity index (χ0) is 13.4. The van der Waals surface area contributed by atoms with Gasteiger partial charge in [-0.25, -0.2) is 0 Å². The topological polar surface area (TPSA) is 22.8 Å². The minimum absolute atomic E-state index is 0.751. The zero-order valence-corrected chi connectivity index (χ0v) is 11.9. The van der Waals surface area contributed by atoms with Gasteiger partial charge in [-0.1, -0.05) is 29.8 Å². The molecule has 0 aliphatic carbocycles. The second kappa shape index (κ2) is 4.74. The second-order valence-corrected chi connectivity index (χ2v) is 5.04. The highest BCUT2D eigenvalue weighted by atomic mass is 35.5. The highest BCUT2D eigenvalue weighted by molar-refractivity contribution is 6.31. The van der Waals surface area contributed by atoms with Crippen LogP contribution in [0.2, 0.25) is 5.02 Å². The molecule has 0 bridgehead atoms. The fraction of sp³-hybridized carbons (Fsp3) is 0.267. The number of rotatable bonds is 3. The Morgan fingerprint density at radius 1 is 1.21 bits per heavy atom. The molecule has 3 rings (SSSR count). The third-order valence-electron chi connectivity index (χ3n) is 3.45. The molecule has 1 aromatic carbocycles. The molecule has 0 unspecified atom stereocenters. The molecule has 0 atom stereocenters. The first-order valence-corrected chi connectivity index (χ1v) is 6.84. The Bertz CT molecular complexity index is 724. The molecule has 0 aliphatic rings. The van der Waals surface area contributed by atoms with Gasteiger partial charge < -0.3 is 4.57 Å². The lowest BCUT2D eigenvalue weighted by Gasteiger charge is -2.08. The fourth-order valence-electron chi connectivity index (χ4n) is 2.46.